The van der Waals surface area contributed by atoms with Gasteiger partial charge in [-0.25, -0.2) is 4.98 Å². The Hall–Kier alpha value is -0.420. The number of hydrogen-bond donors (Lipinski definition) is 0. The van der Waals surface area contributed by atoms with Crippen LogP contribution in [-0.2, 0) is 0 Å². The van der Waals surface area contributed by atoms with Crippen LogP contribution in [0.3, 0.4) is 0 Å². The fraction of sp³-hybridized carbons (Fsp3) is 0.556. The number of rotatable bonds is 1. The number of carbonyl (C=O) groups excluding carboxylic acids is 1. The van der Waals surface area contributed by atoms with Gasteiger partial charge in [0.15, 0.2) is 3.92 Å². The summed E-state index contributed by atoms with van der Waals surface area (Å²) in [6.45, 7) is 1.77. The van der Waals surface area contributed by atoms with Crippen LogP contribution in [0.25, 0.3) is 0 Å². The maximum Gasteiger partial charge on any atom is 0.273 e. The van der Waals surface area contributed by atoms with Crippen molar-refractivity contribution in [3.05, 3.63) is 15.0 Å². The first kappa shape index (κ1) is 10.1. The maximum absolute atomic E-state index is 11.9. The van der Waals surface area contributed by atoms with Gasteiger partial charge in [0.05, 0.1) is 0 Å². The molecule has 5 heteroatoms. The molecule has 0 bridgehead atoms. The van der Waals surface area contributed by atoms with Crippen molar-refractivity contribution in [1.29, 1.82) is 0 Å². The van der Waals surface area contributed by atoms with Crippen LogP contribution in [0.2, 0.25) is 0 Å². The number of nitrogens with zero attached hydrogens (tertiary/aromatic N) is 2. The zero-order chi connectivity index (χ0) is 9.97. The van der Waals surface area contributed by atoms with E-state index in [1.54, 1.807) is 5.38 Å². The largest absolute Gasteiger partial charge is 0.337 e. The average molecular weight is 275 g/mol. The van der Waals surface area contributed by atoms with Gasteiger partial charge in [0.25, 0.3) is 5.91 Å². The van der Waals surface area contributed by atoms with Gasteiger partial charge in [-0.15, -0.1) is 11.3 Å². The van der Waals surface area contributed by atoms with Crippen LogP contribution in [0, 0.1) is 0 Å². The molecule has 0 radical (unpaired) electrons. The molecular weight excluding hydrogens is 264 g/mol. The van der Waals surface area contributed by atoms with Crippen LogP contribution in [0.5, 0.6) is 0 Å². The van der Waals surface area contributed by atoms with Crippen LogP contribution in [0.1, 0.15) is 29.8 Å². The van der Waals surface area contributed by atoms with E-state index in [2.05, 4.69) is 20.9 Å². The van der Waals surface area contributed by atoms with Crippen molar-refractivity contribution in [2.45, 2.75) is 19.3 Å². The second kappa shape index (κ2) is 4.40. The Kier molecular flexibility index (Phi) is 3.18. The van der Waals surface area contributed by atoms with Gasteiger partial charge >= 0.3 is 0 Å². The molecule has 1 aromatic rings. The molecular formula is C9H11BrN2OS. The lowest BCUT2D eigenvalue weighted by atomic mass is 10.1. The van der Waals surface area contributed by atoms with Crippen molar-refractivity contribution in [3.8, 4) is 0 Å². The summed E-state index contributed by atoms with van der Waals surface area (Å²) in [4.78, 5) is 17.9. The smallest absolute Gasteiger partial charge is 0.273 e. The van der Waals surface area contributed by atoms with Crippen molar-refractivity contribution in [3.63, 3.8) is 0 Å². The van der Waals surface area contributed by atoms with Crippen LogP contribution >= 0.6 is 27.3 Å². The first-order valence-electron chi connectivity index (χ1n) is 4.67. The van der Waals surface area contributed by atoms with Crippen molar-refractivity contribution < 1.29 is 4.79 Å². The van der Waals surface area contributed by atoms with Crippen molar-refractivity contribution in [2.75, 3.05) is 13.1 Å². The summed E-state index contributed by atoms with van der Waals surface area (Å²) in [6.07, 6.45) is 3.48. The Bertz CT molecular complexity index is 333. The van der Waals surface area contributed by atoms with Crippen molar-refractivity contribution in [1.82, 2.24) is 9.88 Å². The van der Waals surface area contributed by atoms with E-state index in [1.165, 1.54) is 17.8 Å². The molecule has 1 aliphatic heterocycles. The van der Waals surface area contributed by atoms with E-state index in [9.17, 15) is 4.79 Å². The summed E-state index contributed by atoms with van der Waals surface area (Å²) in [5.74, 6) is 0.0756. The van der Waals surface area contributed by atoms with Gasteiger partial charge in [0.2, 0.25) is 0 Å². The highest BCUT2D eigenvalue weighted by Crippen LogP contribution is 2.18. The molecule has 1 aromatic heterocycles. The number of carbonyl (C=O) groups is 1. The number of thiazole rings is 1. The number of halogens is 1. The van der Waals surface area contributed by atoms with Crippen molar-refractivity contribution >= 4 is 33.2 Å². The molecule has 1 saturated heterocycles. The lowest BCUT2D eigenvalue weighted by molar-refractivity contribution is 0.0719. The minimum absolute atomic E-state index is 0.0756. The van der Waals surface area contributed by atoms with E-state index in [0.717, 1.165) is 29.8 Å². The molecule has 3 nitrogen and oxygen atoms in total. The van der Waals surface area contributed by atoms with Gasteiger partial charge in [-0.05, 0) is 35.2 Å². The highest BCUT2D eigenvalue weighted by atomic mass is 79.9. The summed E-state index contributed by atoms with van der Waals surface area (Å²) in [6, 6.07) is 0. The fourth-order valence-electron chi connectivity index (χ4n) is 1.61. The molecule has 1 amide bonds. The van der Waals surface area contributed by atoms with Gasteiger partial charge in [-0.1, -0.05) is 0 Å². The zero-order valence-electron chi connectivity index (χ0n) is 7.70. The molecule has 0 aliphatic carbocycles. The van der Waals surface area contributed by atoms with Gasteiger partial charge in [-0.3, -0.25) is 4.79 Å². The van der Waals surface area contributed by atoms with E-state index in [4.69, 9.17) is 0 Å². The summed E-state index contributed by atoms with van der Waals surface area (Å²) in [7, 11) is 0. The van der Waals surface area contributed by atoms with Crippen LogP contribution < -0.4 is 0 Å². The van der Waals surface area contributed by atoms with Gasteiger partial charge < -0.3 is 4.90 Å². The predicted octanol–water partition coefficient (Wildman–Crippen LogP) is 2.53. The van der Waals surface area contributed by atoms with Crippen LogP contribution in [-0.4, -0.2) is 28.9 Å². The fourth-order valence-corrected chi connectivity index (χ4v) is 2.59. The lowest BCUT2D eigenvalue weighted by Crippen LogP contribution is -2.35. The Labute approximate surface area is 95.3 Å². The van der Waals surface area contributed by atoms with Gasteiger partial charge in [0.1, 0.15) is 5.69 Å². The summed E-state index contributed by atoms with van der Waals surface area (Å²) in [5, 5.41) is 1.81. The molecule has 0 N–H and O–H groups in total. The number of hydrogen-bond acceptors (Lipinski definition) is 3. The van der Waals surface area contributed by atoms with E-state index in [-0.39, 0.29) is 5.91 Å². The Morgan fingerprint density at radius 2 is 2.14 bits per heavy atom. The number of amides is 1. The second-order valence-corrected chi connectivity index (χ2v) is 5.47. The molecule has 0 spiro atoms. The van der Waals surface area contributed by atoms with Crippen LogP contribution in [0.15, 0.2) is 9.30 Å². The Morgan fingerprint density at radius 3 is 2.71 bits per heavy atom. The highest BCUT2D eigenvalue weighted by molar-refractivity contribution is 9.11. The first-order valence-corrected chi connectivity index (χ1v) is 6.35. The molecule has 2 heterocycles. The first-order chi connectivity index (χ1) is 6.77. The number of likely N-dealkylation sites (tertiary alicyclic amines) is 1. The van der Waals surface area contributed by atoms with E-state index in [1.807, 2.05) is 4.90 Å². The Morgan fingerprint density at radius 1 is 1.43 bits per heavy atom. The topological polar surface area (TPSA) is 33.2 Å². The molecule has 0 aromatic carbocycles. The third kappa shape index (κ3) is 2.15. The normalized spacial score (nSPS) is 17.1. The zero-order valence-corrected chi connectivity index (χ0v) is 10.1. The van der Waals surface area contributed by atoms with Crippen molar-refractivity contribution in [2.24, 2.45) is 0 Å². The second-order valence-electron chi connectivity index (χ2n) is 3.34. The van der Waals surface area contributed by atoms with E-state index >= 15 is 0 Å². The third-order valence-corrected chi connectivity index (χ3v) is 3.70. The lowest BCUT2D eigenvalue weighted by Gasteiger charge is -2.25. The molecule has 0 unspecified atom stereocenters. The molecule has 2 rings (SSSR count). The van der Waals surface area contributed by atoms with Crippen LogP contribution in [0.4, 0.5) is 0 Å². The van der Waals surface area contributed by atoms with Gasteiger partial charge in [0, 0.05) is 18.5 Å². The highest BCUT2D eigenvalue weighted by Gasteiger charge is 2.19. The molecule has 76 valence electrons. The Balaban J connectivity index is 2.07. The standard InChI is InChI=1S/C9H11BrN2OS/c10-9-11-7(6-14-9)8(13)12-4-2-1-3-5-12/h6H,1-5H2. The predicted molar refractivity (Wildman–Crippen MR) is 59.6 cm³/mol. The molecule has 1 fully saturated rings. The number of aromatic nitrogens is 1. The van der Waals surface area contributed by atoms with E-state index < -0.39 is 0 Å². The summed E-state index contributed by atoms with van der Waals surface area (Å²) in [5.41, 5.74) is 0.573. The van der Waals surface area contributed by atoms with Gasteiger partial charge in [-0.2, -0.15) is 0 Å². The SMILES string of the molecule is O=C(c1csc(Br)n1)N1CCCCC1. The molecule has 0 saturated carbocycles. The quantitative estimate of drug-likeness (QED) is 0.789. The third-order valence-electron chi connectivity index (χ3n) is 2.34. The molecule has 1 aliphatic rings. The minimum atomic E-state index is 0.0756. The van der Waals surface area contributed by atoms with E-state index in [0.29, 0.717) is 5.69 Å². The average Bonchev–Trinajstić information content (AvgIpc) is 2.65. The number of piperidine rings is 1. The minimum Gasteiger partial charge on any atom is -0.337 e. The molecule has 0 atom stereocenters. The molecule has 14 heavy (non-hydrogen) atoms. The monoisotopic (exact) mass is 274 g/mol. The summed E-state index contributed by atoms with van der Waals surface area (Å²) >= 11 is 4.72. The maximum atomic E-state index is 11.9. The summed E-state index contributed by atoms with van der Waals surface area (Å²) < 4.78 is 0.776.